The lowest BCUT2D eigenvalue weighted by molar-refractivity contribution is -0.141. The van der Waals surface area contributed by atoms with E-state index in [1.165, 1.54) is 0 Å². The van der Waals surface area contributed by atoms with Crippen LogP contribution in [0.5, 0.6) is 0 Å². The minimum absolute atomic E-state index is 0.191. The predicted octanol–water partition coefficient (Wildman–Crippen LogP) is 3.17. The van der Waals surface area contributed by atoms with E-state index in [0.29, 0.717) is 11.8 Å². The maximum Gasteiger partial charge on any atom is 0.306 e. The van der Waals surface area contributed by atoms with E-state index in [2.05, 4.69) is 20.8 Å². The molecule has 2 nitrogen and oxygen atoms in total. The lowest BCUT2D eigenvalue weighted by Crippen LogP contribution is -2.15. The summed E-state index contributed by atoms with van der Waals surface area (Å²) in [5.41, 5.74) is 0. The lowest BCUT2D eigenvalue weighted by atomic mass is 9.87. The van der Waals surface area contributed by atoms with E-state index in [4.69, 9.17) is 5.11 Å². The van der Waals surface area contributed by atoms with Gasteiger partial charge in [0.2, 0.25) is 0 Å². The average Bonchev–Trinajstić information content (AvgIpc) is 2.02. The standard InChI is InChI=1S/C11H22O2/c1-5-10(6-8(2)3)7-9(4)11(12)13/h8-10H,5-7H2,1-4H3,(H,12,13). The summed E-state index contributed by atoms with van der Waals surface area (Å²) in [5, 5.41) is 8.76. The normalized spacial score (nSPS) is 15.8. The predicted molar refractivity (Wildman–Crippen MR) is 54.7 cm³/mol. The molecule has 13 heavy (non-hydrogen) atoms. The van der Waals surface area contributed by atoms with E-state index in [9.17, 15) is 4.79 Å². The fourth-order valence-corrected chi connectivity index (χ4v) is 1.70. The van der Waals surface area contributed by atoms with Crippen molar-refractivity contribution in [3.8, 4) is 0 Å². The molecular weight excluding hydrogens is 164 g/mol. The van der Waals surface area contributed by atoms with Gasteiger partial charge in [0.25, 0.3) is 0 Å². The molecule has 2 heteroatoms. The van der Waals surface area contributed by atoms with E-state index in [-0.39, 0.29) is 5.92 Å². The van der Waals surface area contributed by atoms with Gasteiger partial charge >= 0.3 is 5.97 Å². The molecule has 0 amide bonds. The van der Waals surface area contributed by atoms with Crippen molar-refractivity contribution in [1.82, 2.24) is 0 Å². The van der Waals surface area contributed by atoms with Crippen LogP contribution >= 0.6 is 0 Å². The van der Waals surface area contributed by atoms with Crippen molar-refractivity contribution in [2.45, 2.75) is 47.0 Å². The molecular formula is C11H22O2. The fourth-order valence-electron chi connectivity index (χ4n) is 1.70. The highest BCUT2D eigenvalue weighted by Gasteiger charge is 2.17. The Labute approximate surface area is 81.3 Å². The van der Waals surface area contributed by atoms with E-state index in [1.807, 2.05) is 0 Å². The van der Waals surface area contributed by atoms with Gasteiger partial charge in [-0.05, 0) is 24.7 Å². The average molecular weight is 186 g/mol. The van der Waals surface area contributed by atoms with Gasteiger partial charge in [0.05, 0.1) is 5.92 Å². The van der Waals surface area contributed by atoms with Gasteiger partial charge in [0.1, 0.15) is 0 Å². The molecule has 0 aliphatic rings. The number of carboxylic acids is 1. The monoisotopic (exact) mass is 186 g/mol. The third-order valence-electron chi connectivity index (χ3n) is 2.49. The third kappa shape index (κ3) is 5.67. The summed E-state index contributed by atoms with van der Waals surface area (Å²) >= 11 is 0. The molecule has 0 aromatic carbocycles. The smallest absolute Gasteiger partial charge is 0.306 e. The Balaban J connectivity index is 3.90. The summed E-state index contributed by atoms with van der Waals surface area (Å²) in [7, 11) is 0. The molecule has 78 valence electrons. The zero-order valence-electron chi connectivity index (χ0n) is 9.21. The van der Waals surface area contributed by atoms with Crippen molar-refractivity contribution in [3.63, 3.8) is 0 Å². The first-order valence-electron chi connectivity index (χ1n) is 5.20. The highest BCUT2D eigenvalue weighted by atomic mass is 16.4. The Morgan fingerprint density at radius 1 is 1.23 bits per heavy atom. The van der Waals surface area contributed by atoms with Gasteiger partial charge in [0, 0.05) is 0 Å². The Morgan fingerprint density at radius 2 is 1.77 bits per heavy atom. The molecule has 0 fully saturated rings. The molecule has 0 spiro atoms. The summed E-state index contributed by atoms with van der Waals surface area (Å²) in [4.78, 5) is 10.6. The Kier molecular flexibility index (Phi) is 5.76. The topological polar surface area (TPSA) is 37.3 Å². The Hall–Kier alpha value is -0.530. The number of carboxylic acid groups (broad SMARTS) is 1. The number of rotatable bonds is 6. The molecule has 0 heterocycles. The fraction of sp³-hybridized carbons (Fsp3) is 0.909. The van der Waals surface area contributed by atoms with Gasteiger partial charge in [-0.2, -0.15) is 0 Å². The van der Waals surface area contributed by atoms with Crippen LogP contribution in [-0.2, 0) is 4.79 Å². The Morgan fingerprint density at radius 3 is 2.08 bits per heavy atom. The van der Waals surface area contributed by atoms with Crippen LogP contribution in [0.25, 0.3) is 0 Å². The minimum Gasteiger partial charge on any atom is -0.481 e. The van der Waals surface area contributed by atoms with Gasteiger partial charge in [-0.15, -0.1) is 0 Å². The van der Waals surface area contributed by atoms with Gasteiger partial charge in [0.15, 0.2) is 0 Å². The summed E-state index contributed by atoms with van der Waals surface area (Å²) in [5.74, 6) is 0.392. The lowest BCUT2D eigenvalue weighted by Gasteiger charge is -2.18. The maximum atomic E-state index is 10.6. The van der Waals surface area contributed by atoms with Crippen molar-refractivity contribution < 1.29 is 9.90 Å². The van der Waals surface area contributed by atoms with Crippen LogP contribution in [0.1, 0.15) is 47.0 Å². The molecule has 0 bridgehead atoms. The molecule has 0 saturated heterocycles. The second kappa shape index (κ2) is 6.01. The van der Waals surface area contributed by atoms with Crippen molar-refractivity contribution in [1.29, 1.82) is 0 Å². The van der Waals surface area contributed by atoms with Crippen molar-refractivity contribution in [2.75, 3.05) is 0 Å². The molecule has 0 rings (SSSR count). The maximum absolute atomic E-state index is 10.6. The van der Waals surface area contributed by atoms with Crippen LogP contribution in [0.15, 0.2) is 0 Å². The molecule has 0 radical (unpaired) electrons. The SMILES string of the molecule is CCC(CC(C)C)CC(C)C(=O)O. The van der Waals surface area contributed by atoms with Gasteiger partial charge in [-0.1, -0.05) is 34.1 Å². The molecule has 0 aliphatic carbocycles. The number of carbonyl (C=O) groups is 1. The molecule has 0 aromatic heterocycles. The molecule has 2 atom stereocenters. The van der Waals surface area contributed by atoms with Crippen LogP contribution in [-0.4, -0.2) is 11.1 Å². The number of hydrogen-bond acceptors (Lipinski definition) is 1. The molecule has 0 saturated carbocycles. The van der Waals surface area contributed by atoms with Gasteiger partial charge in [-0.25, -0.2) is 0 Å². The summed E-state index contributed by atoms with van der Waals surface area (Å²) in [6.45, 7) is 8.31. The largest absolute Gasteiger partial charge is 0.481 e. The number of hydrogen-bond donors (Lipinski definition) is 1. The summed E-state index contributed by atoms with van der Waals surface area (Å²) in [6.07, 6.45) is 3.06. The molecule has 2 unspecified atom stereocenters. The molecule has 0 aliphatic heterocycles. The van der Waals surface area contributed by atoms with Crippen molar-refractivity contribution >= 4 is 5.97 Å². The highest BCUT2D eigenvalue weighted by Crippen LogP contribution is 2.22. The van der Waals surface area contributed by atoms with Gasteiger partial charge < -0.3 is 5.11 Å². The van der Waals surface area contributed by atoms with E-state index in [0.717, 1.165) is 19.3 Å². The molecule has 1 N–H and O–H groups in total. The van der Waals surface area contributed by atoms with Crippen LogP contribution in [0.3, 0.4) is 0 Å². The van der Waals surface area contributed by atoms with Gasteiger partial charge in [-0.3, -0.25) is 4.79 Å². The van der Waals surface area contributed by atoms with E-state index >= 15 is 0 Å². The first kappa shape index (κ1) is 12.5. The second-order valence-electron chi connectivity index (χ2n) is 4.38. The first-order valence-corrected chi connectivity index (χ1v) is 5.20. The van der Waals surface area contributed by atoms with Crippen LogP contribution < -0.4 is 0 Å². The van der Waals surface area contributed by atoms with Crippen LogP contribution in [0, 0.1) is 17.8 Å². The summed E-state index contributed by atoms with van der Waals surface area (Å²) in [6, 6.07) is 0. The Bertz CT molecular complexity index is 152. The quantitative estimate of drug-likeness (QED) is 0.691. The van der Waals surface area contributed by atoms with E-state index in [1.54, 1.807) is 6.92 Å². The van der Waals surface area contributed by atoms with Crippen molar-refractivity contribution in [3.05, 3.63) is 0 Å². The van der Waals surface area contributed by atoms with Crippen LogP contribution in [0.4, 0.5) is 0 Å². The first-order chi connectivity index (χ1) is 5.97. The second-order valence-corrected chi connectivity index (χ2v) is 4.38. The minimum atomic E-state index is -0.665. The summed E-state index contributed by atoms with van der Waals surface area (Å²) < 4.78 is 0. The zero-order chi connectivity index (χ0) is 10.4. The van der Waals surface area contributed by atoms with Crippen LogP contribution in [0.2, 0.25) is 0 Å². The molecule has 0 aromatic rings. The highest BCUT2D eigenvalue weighted by molar-refractivity contribution is 5.69. The zero-order valence-corrected chi connectivity index (χ0v) is 9.21. The number of aliphatic carboxylic acids is 1. The van der Waals surface area contributed by atoms with E-state index < -0.39 is 5.97 Å². The third-order valence-corrected chi connectivity index (χ3v) is 2.49. The van der Waals surface area contributed by atoms with Crippen molar-refractivity contribution in [2.24, 2.45) is 17.8 Å².